The number of ether oxygens (including phenoxy) is 2. The van der Waals surface area contributed by atoms with Crippen LogP contribution in [0.3, 0.4) is 0 Å². The summed E-state index contributed by atoms with van der Waals surface area (Å²) in [6.45, 7) is 2.99. The maximum Gasteiger partial charge on any atom is 0.534 e. The highest BCUT2D eigenvalue weighted by Gasteiger charge is 2.48. The SMILES string of the molecule is C=CCOC(=O)C(=O)N(N=C(c1ccc(Cl)cc1)c1ccc(OS(=O)(=O)C(F)(F)F)cc1)C(=O)OC. The van der Waals surface area contributed by atoms with Crippen LogP contribution in [0.1, 0.15) is 11.1 Å². The molecule has 10 nitrogen and oxygen atoms in total. The molecular formula is C21H16ClF3N2O8S. The van der Waals surface area contributed by atoms with Gasteiger partial charge in [-0.25, -0.2) is 9.59 Å². The van der Waals surface area contributed by atoms with Gasteiger partial charge in [0.05, 0.1) is 12.8 Å². The fourth-order valence-corrected chi connectivity index (χ4v) is 2.96. The number of amides is 2. The summed E-state index contributed by atoms with van der Waals surface area (Å²) in [5.74, 6) is -3.66. The first-order valence-corrected chi connectivity index (χ1v) is 11.2. The Morgan fingerprint density at radius 3 is 2.06 bits per heavy atom. The van der Waals surface area contributed by atoms with Crippen LogP contribution in [-0.4, -0.2) is 56.3 Å². The van der Waals surface area contributed by atoms with Gasteiger partial charge < -0.3 is 13.7 Å². The molecule has 0 heterocycles. The third-order valence-corrected chi connectivity index (χ3v) is 5.21. The lowest BCUT2D eigenvalue weighted by atomic mass is 10.0. The van der Waals surface area contributed by atoms with E-state index < -0.39 is 39.3 Å². The zero-order chi connectivity index (χ0) is 27.1. The Balaban J connectivity index is 2.57. The molecule has 0 fully saturated rings. The Labute approximate surface area is 207 Å². The van der Waals surface area contributed by atoms with Crippen molar-refractivity contribution in [3.63, 3.8) is 0 Å². The van der Waals surface area contributed by atoms with Crippen molar-refractivity contribution < 1.29 is 49.6 Å². The molecule has 192 valence electrons. The van der Waals surface area contributed by atoms with E-state index in [-0.39, 0.29) is 28.5 Å². The van der Waals surface area contributed by atoms with E-state index in [2.05, 4.69) is 25.3 Å². The van der Waals surface area contributed by atoms with Crippen molar-refractivity contribution in [2.24, 2.45) is 5.10 Å². The predicted molar refractivity (Wildman–Crippen MR) is 120 cm³/mol. The van der Waals surface area contributed by atoms with Crippen LogP contribution in [0, 0.1) is 0 Å². The van der Waals surface area contributed by atoms with Gasteiger partial charge in [-0.15, -0.1) is 5.01 Å². The van der Waals surface area contributed by atoms with Gasteiger partial charge in [0.25, 0.3) is 0 Å². The smallest absolute Gasteiger partial charge is 0.454 e. The van der Waals surface area contributed by atoms with Gasteiger partial charge in [0.2, 0.25) is 0 Å². The lowest BCUT2D eigenvalue weighted by molar-refractivity contribution is -0.158. The Morgan fingerprint density at radius 2 is 1.58 bits per heavy atom. The number of carbonyl (C=O) groups is 3. The van der Waals surface area contributed by atoms with Crippen LogP contribution in [0.15, 0.2) is 66.3 Å². The topological polar surface area (TPSA) is 129 Å². The summed E-state index contributed by atoms with van der Waals surface area (Å²) < 4.78 is 73.4. The molecule has 0 saturated heterocycles. The first kappa shape index (κ1) is 28.3. The lowest BCUT2D eigenvalue weighted by Crippen LogP contribution is -2.39. The summed E-state index contributed by atoms with van der Waals surface area (Å²) in [5, 5.41) is 4.30. The van der Waals surface area contributed by atoms with Crippen LogP contribution >= 0.6 is 11.6 Å². The molecule has 36 heavy (non-hydrogen) atoms. The number of esters is 1. The highest BCUT2D eigenvalue weighted by atomic mass is 35.5. The van der Waals surface area contributed by atoms with Gasteiger partial charge in [-0.05, 0) is 36.4 Å². The number of hydrogen-bond donors (Lipinski definition) is 0. The Hall–Kier alpha value is -3.91. The largest absolute Gasteiger partial charge is 0.534 e. The number of alkyl halides is 3. The number of benzene rings is 2. The monoisotopic (exact) mass is 548 g/mol. The number of halogens is 4. The van der Waals surface area contributed by atoms with E-state index >= 15 is 0 Å². The van der Waals surface area contributed by atoms with Crippen LogP contribution < -0.4 is 4.18 Å². The van der Waals surface area contributed by atoms with Gasteiger partial charge in [0.15, 0.2) is 0 Å². The third kappa shape index (κ3) is 7.05. The van der Waals surface area contributed by atoms with Gasteiger partial charge in [0, 0.05) is 16.1 Å². The van der Waals surface area contributed by atoms with E-state index in [0.29, 0.717) is 5.02 Å². The first-order valence-electron chi connectivity index (χ1n) is 9.46. The van der Waals surface area contributed by atoms with E-state index in [9.17, 15) is 36.0 Å². The van der Waals surface area contributed by atoms with Crippen LogP contribution in [0.25, 0.3) is 0 Å². The highest BCUT2D eigenvalue weighted by Crippen LogP contribution is 2.27. The van der Waals surface area contributed by atoms with Crippen LogP contribution in [0.2, 0.25) is 5.02 Å². The number of methoxy groups -OCH3 is 1. The van der Waals surface area contributed by atoms with Gasteiger partial charge in [-0.3, -0.25) is 4.79 Å². The van der Waals surface area contributed by atoms with Crippen LogP contribution in [-0.2, 0) is 29.2 Å². The molecule has 0 bridgehead atoms. The minimum Gasteiger partial charge on any atom is -0.454 e. The molecule has 0 aliphatic heterocycles. The molecule has 2 aromatic carbocycles. The average molecular weight is 549 g/mol. The van der Waals surface area contributed by atoms with Gasteiger partial charge in [-0.2, -0.15) is 26.7 Å². The summed E-state index contributed by atoms with van der Waals surface area (Å²) in [6, 6.07) is 9.69. The summed E-state index contributed by atoms with van der Waals surface area (Å²) in [6.07, 6.45) is -0.183. The quantitative estimate of drug-likeness (QED) is 0.0975. The van der Waals surface area contributed by atoms with Gasteiger partial charge in [-0.1, -0.05) is 36.4 Å². The van der Waals surface area contributed by atoms with Gasteiger partial charge in [0.1, 0.15) is 12.4 Å². The number of hydrogen-bond acceptors (Lipinski definition) is 9. The molecule has 0 N–H and O–H groups in total. The van der Waals surface area contributed by atoms with Crippen LogP contribution in [0.5, 0.6) is 5.75 Å². The summed E-state index contributed by atoms with van der Waals surface area (Å²) in [7, 11) is -5.00. The highest BCUT2D eigenvalue weighted by molar-refractivity contribution is 7.88. The van der Waals surface area contributed by atoms with Crippen molar-refractivity contribution >= 4 is 45.4 Å². The fourth-order valence-electron chi connectivity index (χ4n) is 2.37. The second kappa shape index (κ2) is 11.7. The Kier molecular flexibility index (Phi) is 9.19. The molecule has 0 unspecified atom stereocenters. The molecule has 0 spiro atoms. The maximum atomic E-state index is 12.6. The standard InChI is InChI=1S/C21H16ClF3N2O8S/c1-3-12-34-19(29)18(28)27(20(30)33-2)26-17(13-4-8-15(22)9-5-13)14-6-10-16(11-7-14)35-36(31,32)21(23,24)25/h3-11H,1,12H2,2H3. The second-order valence-electron chi connectivity index (χ2n) is 6.44. The first-order chi connectivity index (χ1) is 16.8. The number of nitrogens with zero attached hydrogens (tertiary/aromatic N) is 2. The summed E-state index contributed by atoms with van der Waals surface area (Å²) >= 11 is 5.89. The molecular weight excluding hydrogens is 533 g/mol. The zero-order valence-electron chi connectivity index (χ0n) is 18.2. The predicted octanol–water partition coefficient (Wildman–Crippen LogP) is 3.65. The van der Waals surface area contributed by atoms with Crippen molar-refractivity contribution in [2.45, 2.75) is 5.51 Å². The van der Waals surface area contributed by atoms with Crippen molar-refractivity contribution in [3.8, 4) is 5.75 Å². The molecule has 0 aromatic heterocycles. The van der Waals surface area contributed by atoms with E-state index in [1.165, 1.54) is 30.3 Å². The average Bonchev–Trinajstić information content (AvgIpc) is 2.83. The molecule has 0 atom stereocenters. The number of imide groups is 1. The molecule has 2 rings (SSSR count). The van der Waals surface area contributed by atoms with Crippen molar-refractivity contribution in [3.05, 3.63) is 77.3 Å². The summed E-state index contributed by atoms with van der Waals surface area (Å²) in [5.41, 5.74) is -5.51. The van der Waals surface area contributed by atoms with Crippen molar-refractivity contribution in [1.29, 1.82) is 0 Å². The molecule has 15 heteroatoms. The number of carbonyl (C=O) groups excluding carboxylic acids is 3. The van der Waals surface area contributed by atoms with Crippen LogP contribution in [0.4, 0.5) is 18.0 Å². The maximum absolute atomic E-state index is 12.6. The third-order valence-electron chi connectivity index (χ3n) is 3.98. The Morgan fingerprint density at radius 1 is 1.06 bits per heavy atom. The number of hydrazone groups is 1. The Bertz CT molecular complexity index is 1280. The van der Waals surface area contributed by atoms with E-state index in [4.69, 9.17) is 11.6 Å². The fraction of sp³-hybridized carbons (Fsp3) is 0.143. The number of rotatable bonds is 7. The lowest BCUT2D eigenvalue weighted by Gasteiger charge is -2.16. The normalized spacial score (nSPS) is 11.9. The second-order valence-corrected chi connectivity index (χ2v) is 8.41. The molecule has 2 amide bonds. The van der Waals surface area contributed by atoms with Crippen molar-refractivity contribution in [2.75, 3.05) is 13.7 Å². The summed E-state index contributed by atoms with van der Waals surface area (Å²) in [4.78, 5) is 36.7. The van der Waals surface area contributed by atoms with Crippen molar-refractivity contribution in [1.82, 2.24) is 5.01 Å². The van der Waals surface area contributed by atoms with E-state index in [1.54, 1.807) is 0 Å². The molecule has 2 aromatic rings. The molecule has 0 radical (unpaired) electrons. The van der Waals surface area contributed by atoms with E-state index in [0.717, 1.165) is 31.4 Å². The van der Waals surface area contributed by atoms with Gasteiger partial charge >= 0.3 is 33.6 Å². The molecule has 0 aliphatic carbocycles. The minimum absolute atomic E-state index is 0.0650. The molecule has 0 saturated carbocycles. The van der Waals surface area contributed by atoms with E-state index in [1.807, 2.05) is 0 Å². The zero-order valence-corrected chi connectivity index (χ0v) is 19.8. The minimum atomic E-state index is -5.92. The molecule has 0 aliphatic rings.